The molecule has 2 aliphatic rings. The highest BCUT2D eigenvalue weighted by molar-refractivity contribution is 7.07. The number of aromatic nitrogens is 1. The van der Waals surface area contributed by atoms with Crippen LogP contribution in [0.15, 0.2) is 67.9 Å². The van der Waals surface area contributed by atoms with Crippen molar-refractivity contribution < 1.29 is 13.9 Å². The molecule has 2 aliphatic heterocycles. The molecule has 8 nitrogen and oxygen atoms in total. The molecule has 0 amide bonds. The van der Waals surface area contributed by atoms with Gasteiger partial charge in [-0.3, -0.25) is 9.36 Å². The minimum Gasteiger partial charge on any atom is -0.463 e. The zero-order valence-electron chi connectivity index (χ0n) is 20.1. The van der Waals surface area contributed by atoms with Gasteiger partial charge < -0.3 is 19.0 Å². The maximum Gasteiger partial charge on any atom is 0.338 e. The van der Waals surface area contributed by atoms with Crippen molar-refractivity contribution in [1.82, 2.24) is 9.47 Å². The Bertz CT molecular complexity index is 1440. The summed E-state index contributed by atoms with van der Waals surface area (Å²) < 4.78 is 13.5. The third-order valence-electron chi connectivity index (χ3n) is 6.33. The standard InChI is InChI=1S/C26H28N4O4S/c1-4-33-25(32)22-17(2)27-26-30(23(22)18-8-6-5-7-9-18)24(31)20(35-26)16-19-10-11-21(34-19)29-14-12-28(3)13-15-29/h5-11,16,23H,4,12-15H2,1-3H3/b20-16-/t23-/m1/s1. The molecule has 0 unspecified atom stereocenters. The van der Waals surface area contributed by atoms with Gasteiger partial charge in [-0.2, -0.15) is 0 Å². The molecular formula is C26H28N4O4S. The van der Waals surface area contributed by atoms with Crippen molar-refractivity contribution in [2.24, 2.45) is 4.99 Å². The van der Waals surface area contributed by atoms with Crippen LogP contribution in [0.2, 0.25) is 0 Å². The Balaban J connectivity index is 1.57. The molecule has 9 heteroatoms. The predicted octanol–water partition coefficient (Wildman–Crippen LogP) is 2.14. The average Bonchev–Trinajstić information content (AvgIpc) is 3.44. The first-order valence-corrected chi connectivity index (χ1v) is 12.6. The third kappa shape index (κ3) is 4.49. The van der Waals surface area contributed by atoms with Gasteiger partial charge in [-0.25, -0.2) is 9.79 Å². The first-order valence-electron chi connectivity index (χ1n) is 11.7. The van der Waals surface area contributed by atoms with E-state index in [0.29, 0.717) is 26.4 Å². The SMILES string of the molecule is CCOC(=O)C1=C(C)N=c2s/c(=C\c3ccc(N4CCN(C)CC4)o3)c(=O)n2[C@@H]1c1ccccc1. The molecular weight excluding hydrogens is 464 g/mol. The van der Waals surface area contributed by atoms with Crippen LogP contribution in [-0.2, 0) is 9.53 Å². The van der Waals surface area contributed by atoms with Crippen LogP contribution in [0.3, 0.4) is 0 Å². The maximum absolute atomic E-state index is 13.6. The lowest BCUT2D eigenvalue weighted by atomic mass is 9.96. The lowest BCUT2D eigenvalue weighted by Crippen LogP contribution is -2.44. The molecule has 182 valence electrons. The van der Waals surface area contributed by atoms with Crippen LogP contribution in [0, 0.1) is 0 Å². The van der Waals surface area contributed by atoms with Gasteiger partial charge in [-0.1, -0.05) is 41.7 Å². The Morgan fingerprint density at radius 3 is 2.63 bits per heavy atom. The van der Waals surface area contributed by atoms with E-state index in [1.54, 1.807) is 24.5 Å². The summed E-state index contributed by atoms with van der Waals surface area (Å²) in [6, 6.07) is 12.7. The topological polar surface area (TPSA) is 80.3 Å². The highest BCUT2D eigenvalue weighted by Gasteiger charge is 2.33. The fraction of sp³-hybridized carbons (Fsp3) is 0.346. The van der Waals surface area contributed by atoms with Crippen LogP contribution in [0.5, 0.6) is 0 Å². The van der Waals surface area contributed by atoms with Gasteiger partial charge in [0.15, 0.2) is 10.7 Å². The number of furan rings is 1. The molecule has 1 fully saturated rings. The molecule has 1 aromatic carbocycles. The molecule has 2 aromatic heterocycles. The smallest absolute Gasteiger partial charge is 0.338 e. The second-order valence-electron chi connectivity index (χ2n) is 8.68. The summed E-state index contributed by atoms with van der Waals surface area (Å²) in [5.41, 5.74) is 1.55. The Hall–Kier alpha value is -3.43. The number of hydrogen-bond acceptors (Lipinski definition) is 8. The fourth-order valence-corrected chi connectivity index (χ4v) is 5.51. The number of carbonyl (C=O) groups is 1. The van der Waals surface area contributed by atoms with Crippen LogP contribution in [-0.4, -0.2) is 55.3 Å². The number of esters is 1. The number of piperazine rings is 1. The minimum atomic E-state index is -0.605. The largest absolute Gasteiger partial charge is 0.463 e. The maximum atomic E-state index is 13.6. The number of anilines is 1. The number of thiazole rings is 1. The summed E-state index contributed by atoms with van der Waals surface area (Å²) in [4.78, 5) is 36.2. The number of ether oxygens (including phenoxy) is 1. The third-order valence-corrected chi connectivity index (χ3v) is 7.32. The molecule has 0 bridgehead atoms. The Labute approximate surface area is 207 Å². The molecule has 3 aromatic rings. The van der Waals surface area contributed by atoms with Gasteiger partial charge in [-0.15, -0.1) is 0 Å². The molecule has 35 heavy (non-hydrogen) atoms. The quantitative estimate of drug-likeness (QED) is 0.508. The number of nitrogens with zero attached hydrogens (tertiary/aromatic N) is 4. The van der Waals surface area contributed by atoms with Crippen LogP contribution in [0.4, 0.5) is 5.88 Å². The monoisotopic (exact) mass is 492 g/mol. The van der Waals surface area contributed by atoms with Crippen molar-refractivity contribution in [2.75, 3.05) is 44.7 Å². The molecule has 1 saturated heterocycles. The molecule has 0 spiro atoms. The van der Waals surface area contributed by atoms with Crippen molar-refractivity contribution in [2.45, 2.75) is 19.9 Å². The van der Waals surface area contributed by atoms with Gasteiger partial charge in [0.1, 0.15) is 5.76 Å². The molecule has 0 N–H and O–H groups in total. The zero-order valence-corrected chi connectivity index (χ0v) is 20.9. The van der Waals surface area contributed by atoms with Crippen molar-refractivity contribution in [3.63, 3.8) is 0 Å². The molecule has 0 radical (unpaired) electrons. The number of rotatable bonds is 5. The summed E-state index contributed by atoms with van der Waals surface area (Å²) >= 11 is 1.29. The summed E-state index contributed by atoms with van der Waals surface area (Å²) in [7, 11) is 2.11. The minimum absolute atomic E-state index is 0.213. The first-order chi connectivity index (χ1) is 17.0. The van der Waals surface area contributed by atoms with Crippen molar-refractivity contribution in [3.8, 4) is 0 Å². The Kier molecular flexibility index (Phi) is 6.44. The van der Waals surface area contributed by atoms with Crippen LogP contribution in [0.25, 0.3) is 6.08 Å². The Morgan fingerprint density at radius 1 is 1.17 bits per heavy atom. The van der Waals surface area contributed by atoms with Gasteiger partial charge in [0, 0.05) is 38.3 Å². The van der Waals surface area contributed by atoms with E-state index >= 15 is 0 Å². The molecule has 4 heterocycles. The highest BCUT2D eigenvalue weighted by atomic mass is 32.1. The molecule has 0 aliphatic carbocycles. The van der Waals surface area contributed by atoms with Crippen molar-refractivity contribution >= 4 is 29.3 Å². The average molecular weight is 493 g/mol. The van der Waals surface area contributed by atoms with Crippen LogP contribution < -0.4 is 19.8 Å². The van der Waals surface area contributed by atoms with E-state index in [9.17, 15) is 9.59 Å². The van der Waals surface area contributed by atoms with E-state index in [0.717, 1.165) is 37.6 Å². The normalized spacial score (nSPS) is 19.0. The number of carbonyl (C=O) groups excluding carboxylic acids is 1. The highest BCUT2D eigenvalue weighted by Crippen LogP contribution is 2.30. The van der Waals surface area contributed by atoms with E-state index in [-0.39, 0.29) is 12.2 Å². The summed E-state index contributed by atoms with van der Waals surface area (Å²) in [5.74, 6) is 0.959. The van der Waals surface area contributed by atoms with Crippen molar-refractivity contribution in [3.05, 3.63) is 84.7 Å². The predicted molar refractivity (Wildman–Crippen MR) is 135 cm³/mol. The zero-order chi connectivity index (χ0) is 24.5. The Morgan fingerprint density at radius 2 is 1.91 bits per heavy atom. The number of fused-ring (bicyclic) bond motifs is 1. The van der Waals surface area contributed by atoms with E-state index in [4.69, 9.17) is 9.15 Å². The fourth-order valence-electron chi connectivity index (χ4n) is 4.49. The van der Waals surface area contributed by atoms with Gasteiger partial charge >= 0.3 is 5.97 Å². The number of benzene rings is 1. The van der Waals surface area contributed by atoms with Gasteiger partial charge in [-0.05, 0) is 32.5 Å². The summed E-state index contributed by atoms with van der Waals surface area (Å²) in [5, 5.41) is 0. The van der Waals surface area contributed by atoms with Gasteiger partial charge in [0.25, 0.3) is 5.56 Å². The van der Waals surface area contributed by atoms with Gasteiger partial charge in [0.05, 0.1) is 28.5 Å². The summed E-state index contributed by atoms with van der Waals surface area (Å²) in [6.07, 6.45) is 1.76. The molecule has 1 atom stereocenters. The van der Waals surface area contributed by atoms with Gasteiger partial charge in [0.2, 0.25) is 0 Å². The lowest BCUT2D eigenvalue weighted by molar-refractivity contribution is -0.139. The van der Waals surface area contributed by atoms with E-state index in [1.165, 1.54) is 11.3 Å². The summed E-state index contributed by atoms with van der Waals surface area (Å²) in [6.45, 7) is 7.56. The van der Waals surface area contributed by atoms with E-state index < -0.39 is 12.0 Å². The second kappa shape index (κ2) is 9.67. The van der Waals surface area contributed by atoms with Crippen LogP contribution in [0.1, 0.15) is 31.2 Å². The lowest BCUT2D eigenvalue weighted by Gasteiger charge is -2.32. The van der Waals surface area contributed by atoms with Crippen molar-refractivity contribution in [1.29, 1.82) is 0 Å². The van der Waals surface area contributed by atoms with E-state index in [1.807, 2.05) is 42.5 Å². The second-order valence-corrected chi connectivity index (χ2v) is 9.69. The van der Waals surface area contributed by atoms with E-state index in [2.05, 4.69) is 21.8 Å². The molecule has 5 rings (SSSR count). The number of likely N-dealkylation sites (N-methyl/N-ethyl adjacent to an activating group) is 1. The first kappa shape index (κ1) is 23.3. The van der Waals surface area contributed by atoms with Crippen LogP contribution >= 0.6 is 11.3 Å². The molecule has 0 saturated carbocycles. The number of allylic oxidation sites excluding steroid dienone is 1. The number of hydrogen-bond donors (Lipinski definition) is 0.